The van der Waals surface area contributed by atoms with Gasteiger partial charge in [-0.2, -0.15) is 0 Å². The van der Waals surface area contributed by atoms with Gasteiger partial charge in [0.1, 0.15) is 46.0 Å². The first-order valence-electron chi connectivity index (χ1n) is 19.8. The van der Waals surface area contributed by atoms with Crippen LogP contribution in [0.2, 0.25) is 0 Å². The molecular weight excluding hydrogens is 714 g/mol. The summed E-state index contributed by atoms with van der Waals surface area (Å²) in [5, 5.41) is 4.27. The second-order valence-electron chi connectivity index (χ2n) is 15.9. The molecular formula is C50H26B2N2O4. The largest absolute Gasteiger partial charge is 0.458 e. The van der Waals surface area contributed by atoms with Crippen LogP contribution in [0.3, 0.4) is 0 Å². The average molecular weight is 740 g/mol. The molecule has 0 bridgehead atoms. The number of hydrogen-bond acceptors (Lipinski definition) is 6. The smallest absolute Gasteiger partial charge is 0.266 e. The van der Waals surface area contributed by atoms with E-state index in [-0.39, 0.29) is 13.4 Å². The van der Waals surface area contributed by atoms with E-state index in [1.54, 1.807) is 0 Å². The normalized spacial score (nSPS) is 14.6. The Balaban J connectivity index is 1.16. The minimum Gasteiger partial charge on any atom is -0.458 e. The van der Waals surface area contributed by atoms with Crippen molar-refractivity contribution < 1.29 is 18.9 Å². The average Bonchev–Trinajstić information content (AvgIpc) is 3.28. The van der Waals surface area contributed by atoms with Crippen LogP contribution in [0.1, 0.15) is 0 Å². The van der Waals surface area contributed by atoms with E-state index in [4.69, 9.17) is 18.9 Å². The first kappa shape index (κ1) is 29.7. The Hall–Kier alpha value is -7.57. The van der Waals surface area contributed by atoms with Crippen LogP contribution in [0.4, 0.5) is 34.1 Å². The highest BCUT2D eigenvalue weighted by molar-refractivity contribution is 7.03. The van der Waals surface area contributed by atoms with Gasteiger partial charge in [0.2, 0.25) is 0 Å². The summed E-state index contributed by atoms with van der Waals surface area (Å²) in [5.41, 5.74) is 12.6. The summed E-state index contributed by atoms with van der Waals surface area (Å²) in [4.78, 5) is 4.77. The molecule has 0 spiro atoms. The van der Waals surface area contributed by atoms with E-state index in [2.05, 4.69) is 168 Å². The highest BCUT2D eigenvalue weighted by atomic mass is 16.5. The maximum atomic E-state index is 7.55. The molecule has 15 rings (SSSR count). The molecule has 0 amide bonds. The summed E-state index contributed by atoms with van der Waals surface area (Å²) in [6.07, 6.45) is 0. The number of ether oxygens (including phenoxy) is 4. The Bertz CT molecular complexity index is 3170. The molecule has 0 aliphatic carbocycles. The van der Waals surface area contributed by atoms with Crippen molar-refractivity contribution in [2.24, 2.45) is 0 Å². The van der Waals surface area contributed by atoms with Gasteiger partial charge in [0.15, 0.2) is 0 Å². The number of rotatable bonds is 2. The molecule has 266 valence electrons. The summed E-state index contributed by atoms with van der Waals surface area (Å²) < 4.78 is 29.1. The third-order valence-corrected chi connectivity index (χ3v) is 13.1. The lowest BCUT2D eigenvalue weighted by atomic mass is 9.30. The van der Waals surface area contributed by atoms with Gasteiger partial charge in [-0.3, -0.25) is 0 Å². The highest BCUT2D eigenvalue weighted by Gasteiger charge is 2.56. The van der Waals surface area contributed by atoms with Gasteiger partial charge in [0, 0.05) is 55.4 Å². The van der Waals surface area contributed by atoms with Crippen LogP contribution in [0, 0.1) is 0 Å². The predicted octanol–water partition coefficient (Wildman–Crippen LogP) is 9.01. The van der Waals surface area contributed by atoms with Crippen LogP contribution in [-0.4, -0.2) is 13.4 Å². The topological polar surface area (TPSA) is 43.4 Å². The van der Waals surface area contributed by atoms with Gasteiger partial charge in [0.05, 0.1) is 11.4 Å². The molecule has 58 heavy (non-hydrogen) atoms. The lowest BCUT2D eigenvalue weighted by molar-refractivity contribution is 0.460. The Morgan fingerprint density at radius 3 is 1.21 bits per heavy atom. The first-order chi connectivity index (χ1) is 28.8. The van der Waals surface area contributed by atoms with Crippen LogP contribution in [0.5, 0.6) is 46.0 Å². The van der Waals surface area contributed by atoms with E-state index < -0.39 is 0 Å². The van der Waals surface area contributed by atoms with E-state index in [9.17, 15) is 0 Å². The van der Waals surface area contributed by atoms with Crippen LogP contribution in [0.15, 0.2) is 158 Å². The van der Waals surface area contributed by atoms with Crippen LogP contribution in [0.25, 0.3) is 21.5 Å². The van der Waals surface area contributed by atoms with E-state index >= 15 is 0 Å². The van der Waals surface area contributed by atoms with E-state index in [1.807, 2.05) is 0 Å². The fourth-order valence-electron chi connectivity index (χ4n) is 10.9. The van der Waals surface area contributed by atoms with Crippen molar-refractivity contribution in [1.29, 1.82) is 0 Å². The molecule has 8 heteroatoms. The molecule has 0 N–H and O–H groups in total. The summed E-state index contributed by atoms with van der Waals surface area (Å²) in [6.45, 7) is -0.376. The highest BCUT2D eigenvalue weighted by Crippen LogP contribution is 2.57. The quantitative estimate of drug-likeness (QED) is 0.165. The summed E-state index contributed by atoms with van der Waals surface area (Å²) in [6, 6.07) is 55.5. The number of para-hydroxylation sites is 2. The lowest BCUT2D eigenvalue weighted by Gasteiger charge is -2.49. The summed E-state index contributed by atoms with van der Waals surface area (Å²) in [7, 11) is 0. The van der Waals surface area contributed by atoms with Gasteiger partial charge >= 0.3 is 0 Å². The van der Waals surface area contributed by atoms with Crippen molar-refractivity contribution in [3.8, 4) is 46.0 Å². The molecule has 6 aliphatic rings. The maximum absolute atomic E-state index is 7.55. The van der Waals surface area contributed by atoms with Crippen molar-refractivity contribution >= 4 is 102 Å². The molecule has 6 nitrogen and oxygen atoms in total. The molecule has 0 radical (unpaired) electrons. The first-order valence-corrected chi connectivity index (χ1v) is 19.8. The Labute approximate surface area is 333 Å². The molecule has 0 unspecified atom stereocenters. The van der Waals surface area contributed by atoms with Crippen molar-refractivity contribution in [3.63, 3.8) is 0 Å². The van der Waals surface area contributed by atoms with Crippen molar-refractivity contribution in [2.45, 2.75) is 0 Å². The zero-order valence-electron chi connectivity index (χ0n) is 30.7. The Morgan fingerprint density at radius 1 is 0.328 bits per heavy atom. The number of anilines is 6. The van der Waals surface area contributed by atoms with E-state index in [0.717, 1.165) is 134 Å². The van der Waals surface area contributed by atoms with Crippen molar-refractivity contribution in [2.75, 3.05) is 9.80 Å². The number of fused-ring (bicyclic) bond motifs is 6. The summed E-state index contributed by atoms with van der Waals surface area (Å²) >= 11 is 0. The molecule has 0 saturated carbocycles. The van der Waals surface area contributed by atoms with Gasteiger partial charge in [-0.1, -0.05) is 97.1 Å². The Morgan fingerprint density at radius 2 is 0.741 bits per heavy atom. The van der Waals surface area contributed by atoms with E-state index in [0.29, 0.717) is 0 Å². The molecule has 0 fully saturated rings. The van der Waals surface area contributed by atoms with Crippen LogP contribution in [-0.2, 0) is 0 Å². The second kappa shape index (κ2) is 10.2. The van der Waals surface area contributed by atoms with Crippen LogP contribution < -0.4 is 61.5 Å². The third-order valence-electron chi connectivity index (χ3n) is 13.1. The summed E-state index contributed by atoms with van der Waals surface area (Å²) in [5.74, 6) is 6.68. The van der Waals surface area contributed by atoms with Gasteiger partial charge in [-0.25, -0.2) is 0 Å². The molecule has 0 aromatic heterocycles. The van der Waals surface area contributed by atoms with E-state index in [1.165, 1.54) is 0 Å². The van der Waals surface area contributed by atoms with Crippen molar-refractivity contribution in [3.05, 3.63) is 158 Å². The maximum Gasteiger partial charge on any atom is 0.266 e. The molecule has 9 aromatic carbocycles. The molecule has 6 heterocycles. The Kier molecular flexibility index (Phi) is 5.24. The number of nitrogens with zero attached hydrogens (tertiary/aromatic N) is 2. The fourth-order valence-corrected chi connectivity index (χ4v) is 10.9. The molecule has 6 aliphatic heterocycles. The van der Waals surface area contributed by atoms with Gasteiger partial charge in [0.25, 0.3) is 13.4 Å². The minimum atomic E-state index is -0.188. The SMILES string of the molecule is c1ccc(N2c3cccc4c3B3c5c(c6c7c(c52)Oc2cc5ccccc5c5c2B7c2c(cccc2N6c2ccccc2)O5)Oc2cc5ccccc5c(c23)O4)cc1. The standard InChI is InChI=1S/C50H26B2N2O4/c1-3-15-29(16-4-1)53-33-21-11-23-35-39(33)51-41-38(26-28-14-8-9-19-31(28)47(41)55-35)58-50-43(51)45(53)49-44-46(50)54(30-17-5-2-6-18-30)34-22-12-24-36-40(34)52(44)42-37(57-49)25-27-13-7-10-20-32(27)48(42)56-36/h1-26H. The predicted molar refractivity (Wildman–Crippen MR) is 233 cm³/mol. The van der Waals surface area contributed by atoms with Gasteiger partial charge in [-0.05, 0) is 82.4 Å². The fraction of sp³-hybridized carbons (Fsp3) is 0. The van der Waals surface area contributed by atoms with Gasteiger partial charge in [-0.15, -0.1) is 0 Å². The lowest BCUT2D eigenvalue weighted by Crippen LogP contribution is -2.65. The van der Waals surface area contributed by atoms with Crippen LogP contribution >= 0.6 is 0 Å². The van der Waals surface area contributed by atoms with Crippen molar-refractivity contribution in [1.82, 2.24) is 0 Å². The zero-order chi connectivity index (χ0) is 37.4. The molecule has 0 atom stereocenters. The number of benzene rings is 9. The minimum absolute atomic E-state index is 0.188. The molecule has 0 saturated heterocycles. The zero-order valence-corrected chi connectivity index (χ0v) is 30.7. The third kappa shape index (κ3) is 3.42. The monoisotopic (exact) mass is 740 g/mol. The second-order valence-corrected chi connectivity index (χ2v) is 15.9. The molecule has 9 aromatic rings. The number of hydrogen-bond donors (Lipinski definition) is 0. The van der Waals surface area contributed by atoms with Gasteiger partial charge < -0.3 is 28.7 Å².